The van der Waals surface area contributed by atoms with E-state index in [4.69, 9.17) is 13.9 Å². The largest absolute Gasteiger partial charge is 0.467 e. The Kier molecular flexibility index (Phi) is 7.76. The van der Waals surface area contributed by atoms with Gasteiger partial charge in [-0.3, -0.25) is 0 Å². The van der Waals surface area contributed by atoms with Crippen LogP contribution in [0.15, 0.2) is 22.8 Å². The minimum absolute atomic E-state index is 0.549. The molecular formula is C12H21NO3. The van der Waals surface area contributed by atoms with Crippen LogP contribution >= 0.6 is 0 Å². The maximum absolute atomic E-state index is 5.42. The number of hydrogen-bond donors (Lipinski definition) is 1. The van der Waals surface area contributed by atoms with Gasteiger partial charge in [0.1, 0.15) is 12.4 Å². The zero-order chi connectivity index (χ0) is 11.5. The van der Waals surface area contributed by atoms with Crippen LogP contribution in [0.5, 0.6) is 0 Å². The fraction of sp³-hybridized carbons (Fsp3) is 0.667. The van der Waals surface area contributed by atoms with Crippen LogP contribution in [0.2, 0.25) is 0 Å². The third-order valence-electron chi connectivity index (χ3n) is 2.09. The molecule has 0 atom stereocenters. The van der Waals surface area contributed by atoms with Gasteiger partial charge in [0.2, 0.25) is 0 Å². The van der Waals surface area contributed by atoms with E-state index in [-0.39, 0.29) is 0 Å². The number of rotatable bonds is 10. The highest BCUT2D eigenvalue weighted by Gasteiger charge is 1.94. The van der Waals surface area contributed by atoms with E-state index in [0.29, 0.717) is 13.2 Å². The maximum Gasteiger partial charge on any atom is 0.129 e. The van der Waals surface area contributed by atoms with Crippen LogP contribution in [0.4, 0.5) is 0 Å². The quantitative estimate of drug-likeness (QED) is 0.619. The summed E-state index contributed by atoms with van der Waals surface area (Å²) in [7, 11) is 0. The molecule has 0 bridgehead atoms. The van der Waals surface area contributed by atoms with E-state index < -0.39 is 0 Å². The first-order valence-corrected chi connectivity index (χ1v) is 5.82. The number of nitrogens with one attached hydrogen (secondary N) is 1. The van der Waals surface area contributed by atoms with Gasteiger partial charge in [-0.05, 0) is 32.0 Å². The van der Waals surface area contributed by atoms with Crippen molar-refractivity contribution in [3.8, 4) is 0 Å². The topological polar surface area (TPSA) is 43.6 Å². The molecule has 1 aromatic heterocycles. The Bertz CT molecular complexity index is 236. The molecule has 0 saturated carbocycles. The van der Waals surface area contributed by atoms with E-state index in [9.17, 15) is 0 Å². The molecule has 0 amide bonds. The van der Waals surface area contributed by atoms with E-state index in [1.165, 1.54) is 0 Å². The highest BCUT2D eigenvalue weighted by Crippen LogP contribution is 2.00. The average Bonchev–Trinajstić information content (AvgIpc) is 2.80. The molecule has 0 aliphatic rings. The molecule has 0 aromatic carbocycles. The smallest absolute Gasteiger partial charge is 0.129 e. The van der Waals surface area contributed by atoms with Gasteiger partial charge in [-0.2, -0.15) is 0 Å². The van der Waals surface area contributed by atoms with Gasteiger partial charge in [-0.1, -0.05) is 0 Å². The molecule has 0 spiro atoms. The molecule has 16 heavy (non-hydrogen) atoms. The van der Waals surface area contributed by atoms with E-state index in [2.05, 4.69) is 5.32 Å². The van der Waals surface area contributed by atoms with Crippen LogP contribution in [0.25, 0.3) is 0 Å². The summed E-state index contributed by atoms with van der Waals surface area (Å²) in [5.41, 5.74) is 0. The van der Waals surface area contributed by atoms with Crippen LogP contribution in [0.1, 0.15) is 19.1 Å². The number of hydrogen-bond acceptors (Lipinski definition) is 4. The van der Waals surface area contributed by atoms with E-state index >= 15 is 0 Å². The van der Waals surface area contributed by atoms with Crippen molar-refractivity contribution in [2.24, 2.45) is 0 Å². The predicted molar refractivity (Wildman–Crippen MR) is 62.3 cm³/mol. The van der Waals surface area contributed by atoms with Gasteiger partial charge in [0.15, 0.2) is 0 Å². The fourth-order valence-corrected chi connectivity index (χ4v) is 1.28. The average molecular weight is 227 g/mol. The lowest BCUT2D eigenvalue weighted by atomic mass is 10.4. The molecule has 1 rings (SSSR count). The van der Waals surface area contributed by atoms with E-state index in [1.807, 2.05) is 19.1 Å². The summed E-state index contributed by atoms with van der Waals surface area (Å²) in [5.74, 6) is 0.872. The summed E-state index contributed by atoms with van der Waals surface area (Å²) in [5, 5.41) is 3.29. The Morgan fingerprint density at radius 1 is 1.25 bits per heavy atom. The lowest BCUT2D eigenvalue weighted by Gasteiger charge is -2.05. The SMILES string of the molecule is CCOCCCNCCOCc1ccco1. The summed E-state index contributed by atoms with van der Waals surface area (Å²) >= 11 is 0. The first-order valence-electron chi connectivity index (χ1n) is 5.82. The Morgan fingerprint density at radius 3 is 2.94 bits per heavy atom. The Labute approximate surface area is 96.9 Å². The molecule has 0 aliphatic heterocycles. The lowest BCUT2D eigenvalue weighted by Crippen LogP contribution is -2.21. The first-order chi connectivity index (χ1) is 7.93. The van der Waals surface area contributed by atoms with Gasteiger partial charge in [0.05, 0.1) is 12.9 Å². The number of furan rings is 1. The summed E-state index contributed by atoms with van der Waals surface area (Å²) < 4.78 is 15.8. The molecule has 92 valence electrons. The van der Waals surface area contributed by atoms with Gasteiger partial charge in [-0.25, -0.2) is 0 Å². The molecule has 0 aliphatic carbocycles. The monoisotopic (exact) mass is 227 g/mol. The molecule has 0 unspecified atom stereocenters. The van der Waals surface area contributed by atoms with Crippen molar-refractivity contribution in [2.45, 2.75) is 20.0 Å². The Hall–Kier alpha value is -0.840. The zero-order valence-corrected chi connectivity index (χ0v) is 9.91. The summed E-state index contributed by atoms with van der Waals surface area (Å²) in [6.07, 6.45) is 2.71. The number of ether oxygens (including phenoxy) is 2. The van der Waals surface area contributed by atoms with Crippen molar-refractivity contribution in [3.05, 3.63) is 24.2 Å². The van der Waals surface area contributed by atoms with Crippen molar-refractivity contribution in [3.63, 3.8) is 0 Å². The van der Waals surface area contributed by atoms with Gasteiger partial charge < -0.3 is 19.2 Å². The minimum atomic E-state index is 0.549. The standard InChI is InChI=1S/C12H21NO3/c1-2-14-8-4-6-13-7-10-15-11-12-5-3-9-16-12/h3,5,9,13H,2,4,6-8,10-11H2,1H3. The van der Waals surface area contributed by atoms with Crippen LogP contribution in [-0.4, -0.2) is 32.9 Å². The van der Waals surface area contributed by atoms with E-state index in [1.54, 1.807) is 6.26 Å². The summed E-state index contributed by atoms with van der Waals surface area (Å²) in [6, 6.07) is 3.78. The third-order valence-corrected chi connectivity index (χ3v) is 2.09. The molecule has 0 radical (unpaired) electrons. The van der Waals surface area contributed by atoms with Crippen molar-refractivity contribution in [2.75, 3.05) is 32.9 Å². The van der Waals surface area contributed by atoms with Crippen LogP contribution in [-0.2, 0) is 16.1 Å². The molecule has 1 aromatic rings. The minimum Gasteiger partial charge on any atom is -0.467 e. The van der Waals surface area contributed by atoms with E-state index in [0.717, 1.165) is 38.5 Å². The van der Waals surface area contributed by atoms with Gasteiger partial charge in [-0.15, -0.1) is 0 Å². The highest BCUT2D eigenvalue weighted by molar-refractivity contribution is 4.95. The fourth-order valence-electron chi connectivity index (χ4n) is 1.28. The second kappa shape index (κ2) is 9.39. The molecule has 1 heterocycles. The van der Waals surface area contributed by atoms with Crippen molar-refractivity contribution >= 4 is 0 Å². The van der Waals surface area contributed by atoms with Gasteiger partial charge in [0.25, 0.3) is 0 Å². The molecule has 0 saturated heterocycles. The van der Waals surface area contributed by atoms with Crippen molar-refractivity contribution < 1.29 is 13.9 Å². The molecule has 4 nitrogen and oxygen atoms in total. The first kappa shape index (κ1) is 13.2. The maximum atomic E-state index is 5.42. The Balaban J connectivity index is 1.78. The normalized spacial score (nSPS) is 10.8. The highest BCUT2D eigenvalue weighted by atomic mass is 16.5. The predicted octanol–water partition coefficient (Wildman–Crippen LogP) is 1.81. The second-order valence-electron chi connectivity index (χ2n) is 3.43. The summed E-state index contributed by atoms with van der Waals surface area (Å²) in [4.78, 5) is 0. The van der Waals surface area contributed by atoms with Crippen molar-refractivity contribution in [1.82, 2.24) is 5.32 Å². The molecule has 1 N–H and O–H groups in total. The molecular weight excluding hydrogens is 206 g/mol. The van der Waals surface area contributed by atoms with Crippen LogP contribution < -0.4 is 5.32 Å². The van der Waals surface area contributed by atoms with Gasteiger partial charge in [0, 0.05) is 19.8 Å². The van der Waals surface area contributed by atoms with Gasteiger partial charge >= 0.3 is 0 Å². The molecule has 0 fully saturated rings. The zero-order valence-electron chi connectivity index (χ0n) is 9.91. The molecule has 4 heteroatoms. The second-order valence-corrected chi connectivity index (χ2v) is 3.43. The Morgan fingerprint density at radius 2 is 2.19 bits per heavy atom. The lowest BCUT2D eigenvalue weighted by molar-refractivity contribution is 0.106. The van der Waals surface area contributed by atoms with Crippen molar-refractivity contribution in [1.29, 1.82) is 0 Å². The summed E-state index contributed by atoms with van der Waals surface area (Å²) in [6.45, 7) is 6.73. The van der Waals surface area contributed by atoms with Crippen LogP contribution in [0, 0.1) is 0 Å². The van der Waals surface area contributed by atoms with Crippen LogP contribution in [0.3, 0.4) is 0 Å². The third kappa shape index (κ3) is 6.61.